The Labute approximate surface area is 220 Å². The smallest absolute Gasteiger partial charge is 0.363 e. The molecular weight excluding hydrogens is 544 g/mol. The van der Waals surface area contributed by atoms with Crippen LogP contribution >= 0.6 is 15.9 Å². The summed E-state index contributed by atoms with van der Waals surface area (Å²) in [5.74, 6) is -0.654. The second-order valence-corrected chi connectivity index (χ2v) is 8.92. The fourth-order valence-electron chi connectivity index (χ4n) is 3.67. The third kappa shape index (κ3) is 5.59. The number of hydrogen-bond donors (Lipinski definition) is 0. The lowest BCUT2D eigenvalue weighted by molar-refractivity contribution is -0.385. The maximum Gasteiger partial charge on any atom is 0.363 e. The minimum Gasteiger partial charge on any atom is -0.490 e. The molecule has 9 nitrogen and oxygen atoms in total. The molecule has 0 spiro atoms. The molecule has 1 aliphatic rings. The maximum atomic E-state index is 12.8. The van der Waals surface area contributed by atoms with Crippen molar-refractivity contribution >= 4 is 45.5 Å². The Hall–Kier alpha value is -4.31. The number of nitro benzene ring substituents is 1. The number of nitrogens with zero attached hydrogens (tertiary/aromatic N) is 2. The molecule has 0 unspecified atom stereocenters. The molecule has 188 valence electrons. The molecule has 1 aliphatic heterocycles. The van der Waals surface area contributed by atoms with Gasteiger partial charge in [0.05, 0.1) is 21.6 Å². The summed E-state index contributed by atoms with van der Waals surface area (Å²) in [6.45, 7) is 5.52. The van der Waals surface area contributed by atoms with Gasteiger partial charge in [-0.05, 0) is 84.2 Å². The van der Waals surface area contributed by atoms with Crippen molar-refractivity contribution in [1.29, 1.82) is 0 Å². The number of hydrogen-bond acceptors (Lipinski definition) is 8. The molecule has 0 atom stereocenters. The van der Waals surface area contributed by atoms with Gasteiger partial charge in [0.15, 0.2) is 17.2 Å². The average molecular weight is 565 g/mol. The number of aryl methyl sites for hydroxylation is 2. The summed E-state index contributed by atoms with van der Waals surface area (Å²) in [4.78, 5) is 40.1. The van der Waals surface area contributed by atoms with Crippen LogP contribution in [0, 0.1) is 24.0 Å². The van der Waals surface area contributed by atoms with Crippen molar-refractivity contribution in [1.82, 2.24) is 0 Å². The lowest BCUT2D eigenvalue weighted by Crippen LogP contribution is -2.11. The molecule has 3 aromatic rings. The van der Waals surface area contributed by atoms with Gasteiger partial charge in [0, 0.05) is 17.2 Å². The Balaban J connectivity index is 1.65. The van der Waals surface area contributed by atoms with Gasteiger partial charge in [0.25, 0.3) is 5.69 Å². The van der Waals surface area contributed by atoms with E-state index in [1.807, 2.05) is 19.1 Å². The van der Waals surface area contributed by atoms with Gasteiger partial charge in [-0.3, -0.25) is 10.1 Å². The van der Waals surface area contributed by atoms with Crippen LogP contribution in [0.1, 0.15) is 39.5 Å². The molecular formula is C27H21BrN2O7. The van der Waals surface area contributed by atoms with E-state index in [0.717, 1.165) is 5.56 Å². The number of esters is 2. The second kappa shape index (κ2) is 10.8. The number of carbonyl (C=O) groups excluding carboxylic acids is 2. The second-order valence-electron chi connectivity index (χ2n) is 8.06. The van der Waals surface area contributed by atoms with E-state index in [2.05, 4.69) is 20.9 Å². The molecule has 0 aromatic heterocycles. The molecule has 37 heavy (non-hydrogen) atoms. The molecule has 0 N–H and O–H groups in total. The highest BCUT2D eigenvalue weighted by Gasteiger charge is 2.26. The summed E-state index contributed by atoms with van der Waals surface area (Å²) in [5, 5.41) is 11.1. The fraction of sp³-hybridized carbons (Fsp3) is 0.148. The zero-order valence-corrected chi connectivity index (χ0v) is 21.7. The number of halogens is 1. The highest BCUT2D eigenvalue weighted by Crippen LogP contribution is 2.38. The first kappa shape index (κ1) is 25.8. The van der Waals surface area contributed by atoms with Gasteiger partial charge < -0.3 is 14.2 Å². The van der Waals surface area contributed by atoms with Crippen LogP contribution in [-0.2, 0) is 9.53 Å². The molecule has 10 heteroatoms. The van der Waals surface area contributed by atoms with E-state index in [9.17, 15) is 19.7 Å². The van der Waals surface area contributed by atoms with Crippen LogP contribution in [0.25, 0.3) is 6.08 Å². The van der Waals surface area contributed by atoms with E-state index in [1.54, 1.807) is 38.1 Å². The van der Waals surface area contributed by atoms with Gasteiger partial charge in [-0.15, -0.1) is 0 Å². The van der Waals surface area contributed by atoms with Crippen LogP contribution in [0.5, 0.6) is 11.5 Å². The molecule has 4 rings (SSSR count). The Morgan fingerprint density at radius 3 is 2.57 bits per heavy atom. The maximum absolute atomic E-state index is 12.8. The number of rotatable bonds is 7. The van der Waals surface area contributed by atoms with Crippen LogP contribution in [-0.4, -0.2) is 29.4 Å². The number of cyclic esters (lactones) is 1. The number of nitro groups is 1. The molecule has 0 aliphatic carbocycles. The SMILES string of the molecule is CCOc1cc(/C=C2\N=C(c3ccc([N+](=O)[O-])c(C)c3)OC2=O)cc(Br)c1OC(=O)c1ccccc1C. The van der Waals surface area contributed by atoms with Crippen LogP contribution in [0.2, 0.25) is 0 Å². The van der Waals surface area contributed by atoms with E-state index in [0.29, 0.717) is 39.1 Å². The van der Waals surface area contributed by atoms with E-state index in [-0.39, 0.29) is 23.0 Å². The third-order valence-electron chi connectivity index (χ3n) is 5.46. The minimum atomic E-state index is -0.671. The van der Waals surface area contributed by atoms with Crippen molar-refractivity contribution in [3.05, 3.63) is 103 Å². The molecule has 0 saturated heterocycles. The van der Waals surface area contributed by atoms with Crippen molar-refractivity contribution in [2.75, 3.05) is 6.61 Å². The van der Waals surface area contributed by atoms with Gasteiger partial charge in [0.2, 0.25) is 5.90 Å². The van der Waals surface area contributed by atoms with E-state index < -0.39 is 16.9 Å². The summed E-state index contributed by atoms with van der Waals surface area (Å²) in [5.41, 5.74) is 2.60. The Kier molecular flexibility index (Phi) is 7.49. The van der Waals surface area contributed by atoms with Crippen LogP contribution in [0.15, 0.2) is 69.8 Å². The lowest BCUT2D eigenvalue weighted by atomic mass is 10.1. The van der Waals surface area contributed by atoms with E-state index in [1.165, 1.54) is 24.3 Å². The summed E-state index contributed by atoms with van der Waals surface area (Å²) in [6.07, 6.45) is 1.51. The van der Waals surface area contributed by atoms with Gasteiger partial charge in [-0.25, -0.2) is 14.6 Å². The molecule has 0 amide bonds. The molecule has 0 fully saturated rings. The average Bonchev–Trinajstić information content (AvgIpc) is 3.21. The van der Waals surface area contributed by atoms with Crippen molar-refractivity contribution in [3.63, 3.8) is 0 Å². The summed E-state index contributed by atoms with van der Waals surface area (Å²) >= 11 is 3.43. The van der Waals surface area contributed by atoms with Crippen LogP contribution < -0.4 is 9.47 Å². The first-order valence-corrected chi connectivity index (χ1v) is 12.0. The van der Waals surface area contributed by atoms with Gasteiger partial charge in [-0.1, -0.05) is 18.2 Å². The van der Waals surface area contributed by atoms with Crippen molar-refractivity contribution < 1.29 is 28.7 Å². The minimum absolute atomic E-state index is 0.0324. The number of aliphatic imine (C=N–C) groups is 1. The first-order chi connectivity index (χ1) is 17.7. The van der Waals surface area contributed by atoms with Crippen molar-refractivity contribution in [2.24, 2.45) is 4.99 Å². The third-order valence-corrected chi connectivity index (χ3v) is 6.04. The summed E-state index contributed by atoms with van der Waals surface area (Å²) in [7, 11) is 0. The van der Waals surface area contributed by atoms with E-state index >= 15 is 0 Å². The summed E-state index contributed by atoms with van der Waals surface area (Å²) < 4.78 is 17.1. The zero-order valence-electron chi connectivity index (χ0n) is 20.1. The van der Waals surface area contributed by atoms with Gasteiger partial charge >= 0.3 is 11.9 Å². The monoisotopic (exact) mass is 564 g/mol. The standard InChI is InChI=1S/C27H21BrN2O7/c1-4-35-23-14-17(12-20(28)24(23)36-26(31)19-8-6-5-7-15(19)2)13-21-27(32)37-25(29-21)18-9-10-22(30(33)34)16(3)11-18/h5-14H,4H2,1-3H3/b21-13-. The quantitative estimate of drug-likeness (QED) is 0.114. The number of ether oxygens (including phenoxy) is 3. The Morgan fingerprint density at radius 2 is 1.89 bits per heavy atom. The zero-order chi connectivity index (χ0) is 26.7. The molecule has 0 saturated carbocycles. The highest BCUT2D eigenvalue weighted by atomic mass is 79.9. The lowest BCUT2D eigenvalue weighted by Gasteiger charge is -2.14. The molecule has 0 radical (unpaired) electrons. The first-order valence-electron chi connectivity index (χ1n) is 11.2. The largest absolute Gasteiger partial charge is 0.490 e. The fourth-order valence-corrected chi connectivity index (χ4v) is 4.21. The number of benzene rings is 3. The van der Waals surface area contributed by atoms with Crippen LogP contribution in [0.4, 0.5) is 5.69 Å². The predicted octanol–water partition coefficient (Wildman–Crippen LogP) is 5.94. The van der Waals surface area contributed by atoms with Gasteiger partial charge in [-0.2, -0.15) is 0 Å². The normalized spacial score (nSPS) is 13.8. The van der Waals surface area contributed by atoms with E-state index in [4.69, 9.17) is 14.2 Å². The van der Waals surface area contributed by atoms with Crippen molar-refractivity contribution in [2.45, 2.75) is 20.8 Å². The molecule has 1 heterocycles. The Morgan fingerprint density at radius 1 is 1.14 bits per heavy atom. The van der Waals surface area contributed by atoms with Crippen LogP contribution in [0.3, 0.4) is 0 Å². The predicted molar refractivity (Wildman–Crippen MR) is 140 cm³/mol. The van der Waals surface area contributed by atoms with Gasteiger partial charge in [0.1, 0.15) is 0 Å². The topological polar surface area (TPSA) is 117 Å². The number of carbonyl (C=O) groups is 2. The van der Waals surface area contributed by atoms with Crippen molar-refractivity contribution in [3.8, 4) is 11.5 Å². The summed E-state index contributed by atoms with van der Waals surface area (Å²) in [6, 6.07) is 14.7. The highest BCUT2D eigenvalue weighted by molar-refractivity contribution is 9.10. The molecule has 0 bridgehead atoms. The molecule has 3 aromatic carbocycles. The Bertz CT molecular complexity index is 1490.